The van der Waals surface area contributed by atoms with Crippen molar-refractivity contribution in [1.29, 1.82) is 0 Å². The molecule has 1 fully saturated rings. The first-order valence-corrected chi connectivity index (χ1v) is 9.71. The molecule has 4 nitrogen and oxygen atoms in total. The quantitative estimate of drug-likeness (QED) is 0.878. The molecule has 1 unspecified atom stereocenters. The lowest BCUT2D eigenvalue weighted by atomic mass is 10.0. The molecule has 1 aromatic heterocycles. The van der Waals surface area contributed by atoms with E-state index in [-0.39, 0.29) is 6.04 Å². The Labute approximate surface area is 126 Å². The number of thiophene rings is 1. The summed E-state index contributed by atoms with van der Waals surface area (Å²) in [6, 6.07) is 2.00. The molecule has 0 amide bonds. The Hall–Kier alpha value is -0.430. The first-order chi connectivity index (χ1) is 9.59. The van der Waals surface area contributed by atoms with E-state index in [9.17, 15) is 8.42 Å². The number of hydrogen-bond donors (Lipinski definition) is 1. The summed E-state index contributed by atoms with van der Waals surface area (Å²) in [5, 5.41) is 5.17. The van der Waals surface area contributed by atoms with E-state index in [1.807, 2.05) is 18.4 Å². The van der Waals surface area contributed by atoms with Gasteiger partial charge in [0, 0.05) is 19.1 Å². The van der Waals surface area contributed by atoms with Gasteiger partial charge in [-0.05, 0) is 42.8 Å². The van der Waals surface area contributed by atoms with E-state index in [0.29, 0.717) is 10.8 Å². The topological polar surface area (TPSA) is 49.4 Å². The van der Waals surface area contributed by atoms with Crippen LogP contribution in [0.2, 0.25) is 0 Å². The van der Waals surface area contributed by atoms with E-state index in [1.165, 1.54) is 11.3 Å². The van der Waals surface area contributed by atoms with Gasteiger partial charge in [0.1, 0.15) is 4.21 Å². The molecule has 1 atom stereocenters. The third kappa shape index (κ3) is 3.42. The number of piperidine rings is 1. The number of sulfonamides is 1. The van der Waals surface area contributed by atoms with Crippen LogP contribution < -0.4 is 5.32 Å². The largest absolute Gasteiger partial charge is 0.313 e. The SMILES string of the molecule is CCNCc1csc(S(=O)(=O)N2CCCCC2CC)c1. The Bertz CT molecular complexity index is 525. The molecule has 0 spiro atoms. The van der Waals surface area contributed by atoms with Crippen molar-refractivity contribution in [2.75, 3.05) is 13.1 Å². The van der Waals surface area contributed by atoms with Crippen molar-refractivity contribution in [3.8, 4) is 0 Å². The zero-order chi connectivity index (χ0) is 14.6. The number of nitrogens with one attached hydrogen (secondary N) is 1. The second kappa shape index (κ2) is 7.02. The van der Waals surface area contributed by atoms with Crippen LogP contribution in [-0.4, -0.2) is 31.9 Å². The summed E-state index contributed by atoms with van der Waals surface area (Å²) in [6.45, 7) is 6.41. The van der Waals surface area contributed by atoms with Gasteiger partial charge < -0.3 is 5.32 Å². The molecular weight excluding hydrogens is 292 g/mol. The zero-order valence-corrected chi connectivity index (χ0v) is 13.9. The molecule has 0 bridgehead atoms. The van der Waals surface area contributed by atoms with Gasteiger partial charge >= 0.3 is 0 Å². The highest BCUT2D eigenvalue weighted by Crippen LogP contribution is 2.30. The third-order valence-corrected chi connectivity index (χ3v) is 7.23. The monoisotopic (exact) mass is 316 g/mol. The smallest absolute Gasteiger partial charge is 0.252 e. The fraction of sp³-hybridized carbons (Fsp3) is 0.714. The van der Waals surface area contributed by atoms with Crippen molar-refractivity contribution < 1.29 is 8.42 Å². The Morgan fingerprint density at radius 3 is 2.90 bits per heavy atom. The van der Waals surface area contributed by atoms with Crippen LogP contribution in [0.1, 0.15) is 45.1 Å². The zero-order valence-electron chi connectivity index (χ0n) is 12.3. The van der Waals surface area contributed by atoms with Crippen molar-refractivity contribution in [3.05, 3.63) is 17.0 Å². The van der Waals surface area contributed by atoms with E-state index >= 15 is 0 Å². The maximum Gasteiger partial charge on any atom is 0.252 e. The summed E-state index contributed by atoms with van der Waals surface area (Å²) in [5.74, 6) is 0. The molecule has 0 saturated carbocycles. The highest BCUT2D eigenvalue weighted by atomic mass is 32.2. The Morgan fingerprint density at radius 1 is 1.40 bits per heavy atom. The summed E-state index contributed by atoms with van der Waals surface area (Å²) >= 11 is 1.34. The molecule has 0 aromatic carbocycles. The molecule has 1 N–H and O–H groups in total. The van der Waals surface area contributed by atoms with Gasteiger partial charge in [0.25, 0.3) is 10.0 Å². The summed E-state index contributed by atoms with van der Waals surface area (Å²) in [4.78, 5) is 0. The predicted molar refractivity (Wildman–Crippen MR) is 83.5 cm³/mol. The van der Waals surface area contributed by atoms with Crippen LogP contribution in [0.15, 0.2) is 15.7 Å². The Balaban J connectivity index is 2.18. The lowest BCUT2D eigenvalue weighted by molar-refractivity contribution is 0.247. The average molecular weight is 316 g/mol. The standard InChI is InChI=1S/C14H24N2O2S2/c1-3-13-7-5-6-8-16(13)20(17,18)14-9-12(11-19-14)10-15-4-2/h9,11,13,15H,3-8,10H2,1-2H3. The van der Waals surface area contributed by atoms with E-state index in [0.717, 1.165) is 44.3 Å². The summed E-state index contributed by atoms with van der Waals surface area (Å²) in [7, 11) is -3.30. The fourth-order valence-electron chi connectivity index (χ4n) is 2.66. The van der Waals surface area contributed by atoms with Gasteiger partial charge in [-0.25, -0.2) is 8.42 Å². The van der Waals surface area contributed by atoms with Crippen molar-refractivity contribution >= 4 is 21.4 Å². The number of hydrogen-bond acceptors (Lipinski definition) is 4. The first kappa shape index (κ1) is 15.9. The van der Waals surface area contributed by atoms with E-state index in [1.54, 1.807) is 4.31 Å². The van der Waals surface area contributed by atoms with Crippen LogP contribution in [0, 0.1) is 0 Å². The first-order valence-electron chi connectivity index (χ1n) is 7.39. The third-order valence-electron chi connectivity index (χ3n) is 3.82. The predicted octanol–water partition coefficient (Wildman–Crippen LogP) is 2.81. The van der Waals surface area contributed by atoms with Crippen molar-refractivity contribution in [3.63, 3.8) is 0 Å². The number of nitrogens with zero attached hydrogens (tertiary/aromatic N) is 1. The molecule has 1 aromatic rings. The van der Waals surface area contributed by atoms with Crippen LogP contribution in [0.3, 0.4) is 0 Å². The van der Waals surface area contributed by atoms with Crippen LogP contribution in [0.4, 0.5) is 0 Å². The molecule has 0 aliphatic carbocycles. The fourth-order valence-corrected chi connectivity index (χ4v) is 5.77. The van der Waals surface area contributed by atoms with Gasteiger partial charge in [-0.2, -0.15) is 4.31 Å². The lowest BCUT2D eigenvalue weighted by Gasteiger charge is -2.33. The van der Waals surface area contributed by atoms with Gasteiger partial charge in [0.05, 0.1) is 0 Å². The minimum absolute atomic E-state index is 0.174. The molecule has 1 aliphatic heterocycles. The Morgan fingerprint density at radius 2 is 2.20 bits per heavy atom. The minimum atomic E-state index is -3.30. The molecule has 0 radical (unpaired) electrons. The van der Waals surface area contributed by atoms with Crippen LogP contribution >= 0.6 is 11.3 Å². The highest BCUT2D eigenvalue weighted by molar-refractivity contribution is 7.91. The summed E-state index contributed by atoms with van der Waals surface area (Å²) in [6.07, 6.45) is 4.01. The maximum absolute atomic E-state index is 12.8. The van der Waals surface area contributed by atoms with Gasteiger partial charge in [0.15, 0.2) is 0 Å². The molecule has 2 heterocycles. The summed E-state index contributed by atoms with van der Waals surface area (Å²) < 4.78 is 27.7. The summed E-state index contributed by atoms with van der Waals surface area (Å²) in [5.41, 5.74) is 1.06. The minimum Gasteiger partial charge on any atom is -0.313 e. The molecular formula is C14H24N2O2S2. The second-order valence-electron chi connectivity index (χ2n) is 5.23. The molecule has 114 valence electrons. The lowest BCUT2D eigenvalue weighted by Crippen LogP contribution is -2.42. The van der Waals surface area contributed by atoms with Gasteiger partial charge in [-0.3, -0.25) is 0 Å². The number of rotatable bonds is 6. The van der Waals surface area contributed by atoms with E-state index in [2.05, 4.69) is 12.2 Å². The van der Waals surface area contributed by atoms with Crippen LogP contribution in [0.25, 0.3) is 0 Å². The molecule has 20 heavy (non-hydrogen) atoms. The van der Waals surface area contributed by atoms with Crippen molar-refractivity contribution in [2.24, 2.45) is 0 Å². The van der Waals surface area contributed by atoms with Crippen molar-refractivity contribution in [1.82, 2.24) is 9.62 Å². The molecule has 1 aliphatic rings. The second-order valence-corrected chi connectivity index (χ2v) is 8.26. The van der Waals surface area contributed by atoms with Gasteiger partial charge in [-0.15, -0.1) is 11.3 Å². The molecule has 2 rings (SSSR count). The van der Waals surface area contributed by atoms with Crippen molar-refractivity contribution in [2.45, 2.75) is 56.3 Å². The average Bonchev–Trinajstić information content (AvgIpc) is 2.94. The maximum atomic E-state index is 12.8. The highest BCUT2D eigenvalue weighted by Gasteiger charge is 2.33. The van der Waals surface area contributed by atoms with Crippen LogP contribution in [-0.2, 0) is 16.6 Å². The molecule has 6 heteroatoms. The van der Waals surface area contributed by atoms with Gasteiger partial charge in [0.2, 0.25) is 0 Å². The van der Waals surface area contributed by atoms with E-state index in [4.69, 9.17) is 0 Å². The normalized spacial score (nSPS) is 21.2. The van der Waals surface area contributed by atoms with Gasteiger partial charge in [-0.1, -0.05) is 20.3 Å². The van der Waals surface area contributed by atoms with E-state index < -0.39 is 10.0 Å². The molecule has 1 saturated heterocycles. The van der Waals surface area contributed by atoms with Crippen LogP contribution in [0.5, 0.6) is 0 Å². The Kier molecular flexibility index (Phi) is 5.60.